The molecule has 0 aliphatic heterocycles. The van der Waals surface area contributed by atoms with Crippen LogP contribution in [0.25, 0.3) is 0 Å². The van der Waals surface area contributed by atoms with Crippen molar-refractivity contribution in [3.8, 4) is 17.2 Å². The topological polar surface area (TPSA) is 18.5 Å². The van der Waals surface area contributed by atoms with Gasteiger partial charge < -0.3 is 9.47 Å². The van der Waals surface area contributed by atoms with E-state index in [1.54, 1.807) is 43.3 Å². The van der Waals surface area contributed by atoms with Crippen LogP contribution >= 0.6 is 0 Å². The largest absolute Gasteiger partial charge is 0.494 e. The molecule has 0 N–H and O–H groups in total. The highest BCUT2D eigenvalue weighted by molar-refractivity contribution is 5.34. The molecule has 7 heteroatoms. The normalized spacial score (nSPS) is 12.9. The first kappa shape index (κ1) is 24.6. The van der Waals surface area contributed by atoms with Crippen LogP contribution in [-0.4, -0.2) is 18.7 Å². The molecule has 0 fully saturated rings. The average molecular weight is 464 g/mol. The Hall–Kier alpha value is -3.09. The van der Waals surface area contributed by atoms with Gasteiger partial charge in [0.05, 0.1) is 12.5 Å². The number of hydrogen-bond acceptors (Lipinski definition) is 2. The fourth-order valence-corrected chi connectivity index (χ4v) is 3.62. The Labute approximate surface area is 190 Å². The zero-order valence-electron chi connectivity index (χ0n) is 18.1. The molecule has 0 spiro atoms. The van der Waals surface area contributed by atoms with E-state index in [9.17, 15) is 22.0 Å². The molecule has 0 radical (unpaired) electrons. The summed E-state index contributed by atoms with van der Waals surface area (Å²) in [4.78, 5) is 0. The van der Waals surface area contributed by atoms with Gasteiger partial charge in [-0.05, 0) is 73.7 Å². The molecular formula is C26H25F5O2. The SMILES string of the molecule is CCOc1ccc(C(CCCc2cccc(Oc3ccccc3)c2)C(F)(F)C(F)(F)F)cc1. The van der Waals surface area contributed by atoms with Gasteiger partial charge in [-0.3, -0.25) is 0 Å². The Balaban J connectivity index is 1.71. The first-order chi connectivity index (χ1) is 15.7. The molecule has 2 nitrogen and oxygen atoms in total. The molecule has 3 aromatic carbocycles. The molecule has 0 saturated heterocycles. The van der Waals surface area contributed by atoms with Crippen molar-refractivity contribution in [3.05, 3.63) is 90.0 Å². The van der Waals surface area contributed by atoms with Crippen molar-refractivity contribution >= 4 is 0 Å². The molecule has 0 heterocycles. The lowest BCUT2D eigenvalue weighted by Crippen LogP contribution is -2.42. The summed E-state index contributed by atoms with van der Waals surface area (Å²) in [6.07, 6.45) is -5.48. The zero-order chi connectivity index (χ0) is 23.9. The van der Waals surface area contributed by atoms with Gasteiger partial charge in [0.15, 0.2) is 0 Å². The molecule has 0 aliphatic rings. The molecule has 3 rings (SSSR count). The molecule has 1 unspecified atom stereocenters. The molecule has 33 heavy (non-hydrogen) atoms. The highest BCUT2D eigenvalue weighted by atomic mass is 19.4. The van der Waals surface area contributed by atoms with E-state index in [1.165, 1.54) is 24.3 Å². The van der Waals surface area contributed by atoms with Crippen LogP contribution in [0.3, 0.4) is 0 Å². The Kier molecular flexibility index (Phi) is 7.95. The van der Waals surface area contributed by atoms with Gasteiger partial charge in [-0.25, -0.2) is 0 Å². The van der Waals surface area contributed by atoms with E-state index >= 15 is 0 Å². The minimum atomic E-state index is -5.64. The van der Waals surface area contributed by atoms with Crippen LogP contribution < -0.4 is 9.47 Å². The molecule has 1 atom stereocenters. The van der Waals surface area contributed by atoms with Crippen molar-refractivity contribution in [2.75, 3.05) is 6.61 Å². The van der Waals surface area contributed by atoms with Gasteiger partial charge in [0.25, 0.3) is 0 Å². The maximum absolute atomic E-state index is 14.4. The maximum atomic E-state index is 14.4. The van der Waals surface area contributed by atoms with E-state index in [2.05, 4.69) is 0 Å². The monoisotopic (exact) mass is 464 g/mol. The molecule has 3 aromatic rings. The van der Waals surface area contributed by atoms with E-state index in [0.29, 0.717) is 30.3 Å². The molecule has 0 saturated carbocycles. The number of halogens is 5. The Morgan fingerprint density at radius 1 is 0.758 bits per heavy atom. The van der Waals surface area contributed by atoms with Crippen molar-refractivity contribution in [1.29, 1.82) is 0 Å². The van der Waals surface area contributed by atoms with E-state index in [0.717, 1.165) is 5.56 Å². The first-order valence-corrected chi connectivity index (χ1v) is 10.7. The summed E-state index contributed by atoms with van der Waals surface area (Å²) in [5.41, 5.74) is 0.728. The summed E-state index contributed by atoms with van der Waals surface area (Å²) >= 11 is 0. The second-order valence-electron chi connectivity index (χ2n) is 7.63. The number of aryl methyl sites for hydroxylation is 1. The second kappa shape index (κ2) is 10.7. The van der Waals surface area contributed by atoms with Gasteiger partial charge in [0.2, 0.25) is 0 Å². The number of para-hydroxylation sites is 1. The summed E-state index contributed by atoms with van der Waals surface area (Å²) < 4.78 is 79.4. The van der Waals surface area contributed by atoms with Crippen LogP contribution in [0.1, 0.15) is 36.8 Å². The molecule has 0 amide bonds. The predicted octanol–water partition coefficient (Wildman–Crippen LogP) is 8.18. The van der Waals surface area contributed by atoms with Gasteiger partial charge in [-0.1, -0.05) is 42.5 Å². The fraction of sp³-hybridized carbons (Fsp3) is 0.308. The zero-order valence-corrected chi connectivity index (χ0v) is 18.1. The fourth-order valence-electron chi connectivity index (χ4n) is 3.62. The molecule has 176 valence electrons. The number of ether oxygens (including phenoxy) is 2. The highest BCUT2D eigenvalue weighted by Crippen LogP contribution is 2.48. The van der Waals surface area contributed by atoms with E-state index in [-0.39, 0.29) is 18.4 Å². The highest BCUT2D eigenvalue weighted by Gasteiger charge is 2.62. The molecule has 0 aliphatic carbocycles. The van der Waals surface area contributed by atoms with Gasteiger partial charge in [-0.15, -0.1) is 0 Å². The third kappa shape index (κ3) is 6.46. The van der Waals surface area contributed by atoms with Crippen molar-refractivity contribution in [2.45, 2.75) is 44.2 Å². The molecular weight excluding hydrogens is 439 g/mol. The number of rotatable bonds is 10. The van der Waals surface area contributed by atoms with Crippen LogP contribution in [0.4, 0.5) is 22.0 Å². The quantitative estimate of drug-likeness (QED) is 0.282. The molecule has 0 bridgehead atoms. The molecule has 0 aromatic heterocycles. The van der Waals surface area contributed by atoms with Crippen LogP contribution in [-0.2, 0) is 6.42 Å². The van der Waals surface area contributed by atoms with Gasteiger partial charge in [-0.2, -0.15) is 22.0 Å². The van der Waals surface area contributed by atoms with Crippen LogP contribution in [0.5, 0.6) is 17.2 Å². The minimum Gasteiger partial charge on any atom is -0.494 e. The van der Waals surface area contributed by atoms with Crippen molar-refractivity contribution in [1.82, 2.24) is 0 Å². The lowest BCUT2D eigenvalue weighted by atomic mass is 9.86. The van der Waals surface area contributed by atoms with Gasteiger partial charge in [0.1, 0.15) is 17.2 Å². The smallest absolute Gasteiger partial charge is 0.453 e. The van der Waals surface area contributed by atoms with E-state index in [4.69, 9.17) is 9.47 Å². The third-order valence-electron chi connectivity index (χ3n) is 5.24. The number of hydrogen-bond donors (Lipinski definition) is 0. The van der Waals surface area contributed by atoms with Gasteiger partial charge in [0, 0.05) is 0 Å². The lowest BCUT2D eigenvalue weighted by molar-refractivity contribution is -0.292. The average Bonchev–Trinajstić information content (AvgIpc) is 2.78. The van der Waals surface area contributed by atoms with Gasteiger partial charge >= 0.3 is 12.1 Å². The minimum absolute atomic E-state index is 0.0676. The summed E-state index contributed by atoms with van der Waals surface area (Å²) in [7, 11) is 0. The van der Waals surface area contributed by atoms with Crippen molar-refractivity contribution in [2.24, 2.45) is 0 Å². The second-order valence-corrected chi connectivity index (χ2v) is 7.63. The maximum Gasteiger partial charge on any atom is 0.453 e. The van der Waals surface area contributed by atoms with Crippen molar-refractivity contribution < 1.29 is 31.4 Å². The van der Waals surface area contributed by atoms with E-state index in [1.807, 2.05) is 18.2 Å². The third-order valence-corrected chi connectivity index (χ3v) is 5.24. The Morgan fingerprint density at radius 3 is 2.06 bits per heavy atom. The van der Waals surface area contributed by atoms with Crippen LogP contribution in [0, 0.1) is 0 Å². The first-order valence-electron chi connectivity index (χ1n) is 10.7. The standard InChI is InChI=1S/C26H25F5O2/c1-2-32-21-16-14-20(15-17-21)24(25(27,28)26(29,30)31)13-7-9-19-8-6-12-23(18-19)33-22-10-4-3-5-11-22/h3-6,8,10-12,14-18,24H,2,7,9,13H2,1H3. The Morgan fingerprint density at radius 2 is 1.42 bits per heavy atom. The van der Waals surface area contributed by atoms with Crippen molar-refractivity contribution in [3.63, 3.8) is 0 Å². The number of alkyl halides is 5. The summed E-state index contributed by atoms with van der Waals surface area (Å²) in [5.74, 6) is -5.20. The van der Waals surface area contributed by atoms with E-state index < -0.39 is 18.0 Å². The summed E-state index contributed by atoms with van der Waals surface area (Å²) in [6.45, 7) is 2.13. The predicted molar refractivity (Wildman–Crippen MR) is 117 cm³/mol. The summed E-state index contributed by atoms with van der Waals surface area (Å²) in [6, 6.07) is 21.6. The summed E-state index contributed by atoms with van der Waals surface area (Å²) in [5, 5.41) is 0. The van der Waals surface area contributed by atoms with Crippen LogP contribution in [0.2, 0.25) is 0 Å². The lowest BCUT2D eigenvalue weighted by Gasteiger charge is -2.29. The Bertz CT molecular complexity index is 1000. The number of benzene rings is 3. The van der Waals surface area contributed by atoms with Crippen LogP contribution in [0.15, 0.2) is 78.9 Å².